The van der Waals surface area contributed by atoms with E-state index in [0.717, 1.165) is 25.8 Å². The topological polar surface area (TPSA) is 297 Å². The molecule has 0 aliphatic rings. The maximum Gasteiger partial charge on any atom is 0.501 e. The third-order valence-electron chi connectivity index (χ3n) is 11.2. The van der Waals surface area contributed by atoms with E-state index in [2.05, 4.69) is 37.0 Å². The zero-order chi connectivity index (χ0) is 46.1. The Hall–Kier alpha value is -1.89. The highest BCUT2D eigenvalue weighted by molar-refractivity contribution is 6.60. The molecule has 362 valence electrons. The number of quaternary nitrogens is 1. The van der Waals surface area contributed by atoms with E-state index in [1.807, 2.05) is 0 Å². The number of aliphatic hydroxyl groups is 6. The van der Waals surface area contributed by atoms with Crippen LogP contribution >= 0.6 is 0 Å². The number of carbonyl (C=O) groups is 3. The van der Waals surface area contributed by atoms with Crippen molar-refractivity contribution in [2.24, 2.45) is 0 Å². The molecule has 0 unspecified atom stereocenters. The van der Waals surface area contributed by atoms with Crippen molar-refractivity contribution in [1.29, 1.82) is 0 Å². The molecule has 0 atom stereocenters. The summed E-state index contributed by atoms with van der Waals surface area (Å²) in [6.45, 7) is -4.82. The molecule has 0 rings (SSSR count). The minimum atomic E-state index is -4.31. The Bertz CT molecular complexity index is 1050. The van der Waals surface area contributed by atoms with Gasteiger partial charge in [-0.3, -0.25) is 30.3 Å². The van der Waals surface area contributed by atoms with Gasteiger partial charge in [-0.25, -0.2) is 0 Å². The van der Waals surface area contributed by atoms with E-state index in [9.17, 15) is 60.3 Å². The summed E-state index contributed by atoms with van der Waals surface area (Å²) in [5.41, 5.74) is -5.19. The van der Waals surface area contributed by atoms with Crippen LogP contribution < -0.4 is 16.0 Å². The van der Waals surface area contributed by atoms with Crippen LogP contribution in [0.4, 0.5) is 0 Å². The molecule has 0 saturated heterocycles. The Kier molecular flexibility index (Phi) is 32.6. The lowest BCUT2D eigenvalue weighted by molar-refractivity contribution is -0.890. The summed E-state index contributed by atoms with van der Waals surface area (Å²) in [7, 11) is -0.155. The van der Waals surface area contributed by atoms with Gasteiger partial charge in [-0.05, 0) is 12.8 Å². The first-order chi connectivity index (χ1) is 29.0. The van der Waals surface area contributed by atoms with Crippen LogP contribution in [0.3, 0.4) is 0 Å². The molecule has 61 heavy (non-hydrogen) atoms. The molecule has 0 fully saturated rings. The standard InChI is InChI=1S/C41H84N4O15Si/c1-4-5-6-7-8-9-10-11-12-13-14-15-16-17-18-19-21-45(2,3)22-20-23-61(58-33-39(27-46,28-47)42-24-36(52)53,59-34-40(29-48,30-49)43-25-37(54)55)60-35-41(31-50,32-51)44-26-38(56)57/h42-44,46-51H,4-35H2,1-3H3,(H2-,52,53,54,55,56,57)/p+1. The number of nitrogens with one attached hydrogen (secondary N) is 3. The van der Waals surface area contributed by atoms with Crippen molar-refractivity contribution in [3.05, 3.63) is 0 Å². The minimum absolute atomic E-state index is 0.0112. The highest BCUT2D eigenvalue weighted by Gasteiger charge is 2.48. The van der Waals surface area contributed by atoms with E-state index < -0.39 is 122 Å². The lowest BCUT2D eigenvalue weighted by atomic mass is 10.0. The van der Waals surface area contributed by atoms with Crippen molar-refractivity contribution in [1.82, 2.24) is 16.0 Å². The van der Waals surface area contributed by atoms with Gasteiger partial charge >= 0.3 is 26.7 Å². The number of hydrogen-bond acceptors (Lipinski definition) is 15. The number of rotatable bonds is 45. The smallest absolute Gasteiger partial charge is 0.480 e. The molecule has 0 aromatic rings. The van der Waals surface area contributed by atoms with Crippen molar-refractivity contribution in [3.8, 4) is 0 Å². The Morgan fingerprint density at radius 3 is 0.984 bits per heavy atom. The molecule has 0 saturated carbocycles. The summed E-state index contributed by atoms with van der Waals surface area (Å²) in [5.74, 6) is -3.86. The van der Waals surface area contributed by atoms with Crippen LogP contribution in [0.2, 0.25) is 6.04 Å². The van der Waals surface area contributed by atoms with Crippen molar-refractivity contribution >= 4 is 26.7 Å². The average Bonchev–Trinajstić information content (AvgIpc) is 3.24. The van der Waals surface area contributed by atoms with Gasteiger partial charge in [-0.1, -0.05) is 96.8 Å². The summed E-state index contributed by atoms with van der Waals surface area (Å²) in [6.07, 6.45) is 20.7. The molecule has 0 amide bonds. The van der Waals surface area contributed by atoms with Gasteiger partial charge in [0, 0.05) is 12.5 Å². The Labute approximate surface area is 365 Å². The fraction of sp³-hybridized carbons (Fsp3) is 0.927. The first-order valence-corrected chi connectivity index (χ1v) is 24.2. The first kappa shape index (κ1) is 59.1. The molecule has 19 nitrogen and oxygen atoms in total. The van der Waals surface area contributed by atoms with Crippen LogP contribution in [0, 0.1) is 0 Å². The molecule has 0 aliphatic heterocycles. The highest BCUT2D eigenvalue weighted by atomic mass is 28.4. The van der Waals surface area contributed by atoms with Gasteiger partial charge in [0.25, 0.3) is 0 Å². The maximum absolute atomic E-state index is 11.4. The zero-order valence-electron chi connectivity index (χ0n) is 37.5. The summed E-state index contributed by atoms with van der Waals surface area (Å²) in [6, 6.07) is 0.0112. The second-order valence-electron chi connectivity index (χ2n) is 17.4. The molecule has 20 heteroatoms. The second kappa shape index (κ2) is 33.6. The molecular formula is C41H85N4O15Si+. The van der Waals surface area contributed by atoms with E-state index in [4.69, 9.17) is 13.3 Å². The van der Waals surface area contributed by atoms with Crippen molar-refractivity contribution < 1.29 is 78.1 Å². The molecule has 0 spiro atoms. The van der Waals surface area contributed by atoms with Crippen molar-refractivity contribution in [2.75, 3.05) is 106 Å². The largest absolute Gasteiger partial charge is 0.501 e. The van der Waals surface area contributed by atoms with Gasteiger partial charge in [-0.2, -0.15) is 0 Å². The van der Waals surface area contributed by atoms with Crippen LogP contribution in [0.5, 0.6) is 0 Å². The quantitative estimate of drug-likeness (QED) is 0.0230. The minimum Gasteiger partial charge on any atom is -0.480 e. The third kappa shape index (κ3) is 27.1. The van der Waals surface area contributed by atoms with Gasteiger partial charge in [0.15, 0.2) is 0 Å². The molecule has 0 aromatic carbocycles. The molecule has 12 N–H and O–H groups in total. The van der Waals surface area contributed by atoms with Crippen molar-refractivity contribution in [3.63, 3.8) is 0 Å². The SMILES string of the molecule is CCCCCCCCCCCCCCCCCC[N+](C)(C)CCC[Si](OCC(CO)(CO)NCC(=O)O)(OCC(CO)(CO)NCC(=O)O)OCC(CO)(CO)NCC(=O)O. The van der Waals surface area contributed by atoms with E-state index in [1.165, 1.54) is 83.5 Å². The Morgan fingerprint density at radius 2 is 0.721 bits per heavy atom. The van der Waals surface area contributed by atoms with Crippen LogP contribution in [0.15, 0.2) is 0 Å². The number of carboxylic acids is 3. The summed E-state index contributed by atoms with van der Waals surface area (Å²) < 4.78 is 19.6. The van der Waals surface area contributed by atoms with Crippen LogP contribution in [-0.2, 0) is 27.7 Å². The lowest BCUT2D eigenvalue weighted by Gasteiger charge is -2.41. The van der Waals surface area contributed by atoms with Crippen LogP contribution in [-0.4, -0.2) is 200 Å². The number of nitrogens with zero attached hydrogens (tertiary/aromatic N) is 1. The first-order valence-electron chi connectivity index (χ1n) is 22.3. The number of aliphatic hydroxyl groups excluding tert-OH is 6. The normalized spacial score (nSPS) is 12.9. The zero-order valence-corrected chi connectivity index (χ0v) is 38.5. The van der Waals surface area contributed by atoms with Crippen LogP contribution in [0.1, 0.15) is 116 Å². The van der Waals surface area contributed by atoms with E-state index in [-0.39, 0.29) is 6.04 Å². The predicted molar refractivity (Wildman–Crippen MR) is 232 cm³/mol. The monoisotopic (exact) mass is 902 g/mol. The summed E-state index contributed by atoms with van der Waals surface area (Å²) >= 11 is 0. The molecule has 0 radical (unpaired) electrons. The Morgan fingerprint density at radius 1 is 0.459 bits per heavy atom. The molecular weight excluding hydrogens is 817 g/mol. The number of carboxylic acid groups (broad SMARTS) is 3. The molecule has 0 aliphatic carbocycles. The van der Waals surface area contributed by atoms with Gasteiger partial charge < -0.3 is 63.7 Å². The molecule has 0 aromatic heterocycles. The number of aliphatic carboxylic acids is 3. The molecule has 0 bridgehead atoms. The lowest BCUT2D eigenvalue weighted by Crippen LogP contribution is -2.64. The fourth-order valence-corrected chi connectivity index (χ4v) is 9.47. The summed E-state index contributed by atoms with van der Waals surface area (Å²) in [5, 5.41) is 97.4. The van der Waals surface area contributed by atoms with Gasteiger partial charge in [0.2, 0.25) is 0 Å². The number of hydrogen-bond donors (Lipinski definition) is 12. The van der Waals surface area contributed by atoms with Gasteiger partial charge in [0.05, 0.1) is 123 Å². The number of unbranched alkanes of at least 4 members (excludes halogenated alkanes) is 15. The predicted octanol–water partition coefficient (Wildman–Crippen LogP) is 0.896. The van der Waals surface area contributed by atoms with E-state index >= 15 is 0 Å². The van der Waals surface area contributed by atoms with Crippen LogP contribution in [0.25, 0.3) is 0 Å². The van der Waals surface area contributed by atoms with E-state index in [0.29, 0.717) is 17.4 Å². The van der Waals surface area contributed by atoms with E-state index in [1.54, 1.807) is 0 Å². The third-order valence-corrected chi connectivity index (χ3v) is 13.9. The second-order valence-corrected chi connectivity index (χ2v) is 20.1. The van der Waals surface area contributed by atoms with Gasteiger partial charge in [-0.15, -0.1) is 0 Å². The fourth-order valence-electron chi connectivity index (χ4n) is 6.71. The average molecular weight is 902 g/mol. The Balaban J connectivity index is 5.94. The highest BCUT2D eigenvalue weighted by Crippen LogP contribution is 2.25. The van der Waals surface area contributed by atoms with Crippen molar-refractivity contribution in [2.45, 2.75) is 139 Å². The summed E-state index contributed by atoms with van der Waals surface area (Å²) in [4.78, 5) is 34.3. The molecule has 0 heterocycles. The van der Waals surface area contributed by atoms with Gasteiger partial charge in [0.1, 0.15) is 0 Å². The maximum atomic E-state index is 11.4.